The van der Waals surface area contributed by atoms with E-state index in [2.05, 4.69) is 20.9 Å². The first-order chi connectivity index (χ1) is 16.2. The predicted octanol–water partition coefficient (Wildman–Crippen LogP) is -1.69. The van der Waals surface area contributed by atoms with Crippen LogP contribution in [0, 0.1) is 24.0 Å². The summed E-state index contributed by atoms with van der Waals surface area (Å²) in [5.41, 5.74) is 1.58. The van der Waals surface area contributed by atoms with Gasteiger partial charge in [-0.05, 0) is 49.9 Å². The van der Waals surface area contributed by atoms with Gasteiger partial charge in [0.2, 0.25) is 11.8 Å². The van der Waals surface area contributed by atoms with Gasteiger partial charge in [-0.2, -0.15) is 0 Å². The van der Waals surface area contributed by atoms with Crippen LogP contribution >= 0.6 is 0 Å². The van der Waals surface area contributed by atoms with Crippen LogP contribution in [0.4, 0.5) is 11.5 Å². The molecule has 0 fully saturated rings. The molecule has 11 nitrogen and oxygen atoms in total. The summed E-state index contributed by atoms with van der Waals surface area (Å²) in [6.07, 6.45) is 2.71. The van der Waals surface area contributed by atoms with Crippen molar-refractivity contribution < 1.29 is 54.0 Å². The fourth-order valence-electron chi connectivity index (χ4n) is 3.23. The molecule has 3 N–H and O–H groups in total. The number of carboxylic acids is 1. The van der Waals surface area contributed by atoms with Crippen LogP contribution in [0.15, 0.2) is 36.5 Å². The third-order valence-corrected chi connectivity index (χ3v) is 5.04. The van der Waals surface area contributed by atoms with Crippen LogP contribution in [-0.4, -0.2) is 40.8 Å². The number of carboxylic acid groups (broad SMARTS) is 1. The molecule has 2 amide bonds. The van der Waals surface area contributed by atoms with E-state index in [9.17, 15) is 29.6 Å². The topological polar surface area (TPSA) is 166 Å². The molecule has 0 spiro atoms. The normalized spacial score (nSPS) is 11.0. The number of benzene rings is 1. The zero-order chi connectivity index (χ0) is 25.1. The molecule has 35 heavy (non-hydrogen) atoms. The molecule has 1 unspecified atom stereocenters. The number of nitro benzene ring substituents is 1. The summed E-state index contributed by atoms with van der Waals surface area (Å²) >= 11 is 0. The van der Waals surface area contributed by atoms with Crippen LogP contribution in [-0.2, 0) is 14.4 Å². The molecule has 1 aromatic carbocycles. The number of aryl methyl sites for hydroxylation is 2. The second-order valence-corrected chi connectivity index (χ2v) is 7.88. The Morgan fingerprint density at radius 3 is 2.49 bits per heavy atom. The largest absolute Gasteiger partial charge is 1.00 e. The Bertz CT molecular complexity index is 1050. The number of nitrogens with one attached hydrogen (secondary N) is 3. The van der Waals surface area contributed by atoms with Gasteiger partial charge in [-0.15, -0.1) is 0 Å². The summed E-state index contributed by atoms with van der Waals surface area (Å²) in [4.78, 5) is 50.2. The van der Waals surface area contributed by atoms with Crippen LogP contribution < -0.4 is 50.6 Å². The summed E-state index contributed by atoms with van der Waals surface area (Å²) in [6, 6.07) is 7.00. The summed E-state index contributed by atoms with van der Waals surface area (Å²) < 4.78 is 0. The van der Waals surface area contributed by atoms with E-state index in [1.807, 2.05) is 19.1 Å². The first-order valence-corrected chi connectivity index (χ1v) is 10.8. The third-order valence-electron chi connectivity index (χ3n) is 5.04. The number of rotatable bonds is 13. The second kappa shape index (κ2) is 15.1. The Morgan fingerprint density at radius 1 is 1.09 bits per heavy atom. The smallest absolute Gasteiger partial charge is 0.550 e. The summed E-state index contributed by atoms with van der Waals surface area (Å²) in [5, 5.41) is 30.4. The number of nitro groups is 1. The van der Waals surface area contributed by atoms with E-state index in [1.54, 1.807) is 13.1 Å². The number of amides is 2. The van der Waals surface area contributed by atoms with Gasteiger partial charge in [0.25, 0.3) is 5.69 Å². The molecule has 0 bridgehead atoms. The fourth-order valence-corrected chi connectivity index (χ4v) is 3.23. The van der Waals surface area contributed by atoms with Gasteiger partial charge in [0, 0.05) is 43.2 Å². The van der Waals surface area contributed by atoms with Crippen molar-refractivity contribution in [2.45, 2.75) is 45.6 Å². The van der Waals surface area contributed by atoms with Crippen LogP contribution in [0.5, 0.6) is 0 Å². The molecular formula is C23H28N5NaO6. The van der Waals surface area contributed by atoms with E-state index in [1.165, 1.54) is 18.2 Å². The van der Waals surface area contributed by atoms with Gasteiger partial charge in [-0.3, -0.25) is 19.7 Å². The van der Waals surface area contributed by atoms with Crippen molar-refractivity contribution in [3.63, 3.8) is 0 Å². The van der Waals surface area contributed by atoms with Gasteiger partial charge in [0.1, 0.15) is 5.82 Å². The SMILES string of the molecule is Cc1ccnc(NCCCCC(=O)NCC(=O)NC(CC(=O)[O-])c2ccc(C)c([N+](=O)[O-])c2)c1.[Na+]. The maximum absolute atomic E-state index is 12.3. The maximum Gasteiger partial charge on any atom is 1.00 e. The van der Waals surface area contributed by atoms with Gasteiger partial charge in [-0.1, -0.05) is 12.1 Å². The number of unbranched alkanes of at least 4 members (excludes halogenated alkanes) is 1. The van der Waals surface area contributed by atoms with E-state index in [4.69, 9.17) is 0 Å². The minimum atomic E-state index is -1.42. The van der Waals surface area contributed by atoms with Crippen LogP contribution in [0.1, 0.15) is 48.4 Å². The van der Waals surface area contributed by atoms with Gasteiger partial charge in [0.15, 0.2) is 0 Å². The van der Waals surface area contributed by atoms with Crippen LogP contribution in [0.25, 0.3) is 0 Å². The minimum Gasteiger partial charge on any atom is -0.550 e. The van der Waals surface area contributed by atoms with Crippen molar-refractivity contribution >= 4 is 29.3 Å². The molecule has 12 heteroatoms. The molecule has 0 aliphatic rings. The van der Waals surface area contributed by atoms with Crippen molar-refractivity contribution in [1.29, 1.82) is 0 Å². The molecule has 1 heterocycles. The van der Waals surface area contributed by atoms with Gasteiger partial charge < -0.3 is 25.9 Å². The van der Waals surface area contributed by atoms with Crippen molar-refractivity contribution in [3.8, 4) is 0 Å². The van der Waals surface area contributed by atoms with Crippen molar-refractivity contribution in [2.75, 3.05) is 18.4 Å². The Labute approximate surface area is 225 Å². The number of carbonyl (C=O) groups is 3. The van der Waals surface area contributed by atoms with Crippen LogP contribution in [0.3, 0.4) is 0 Å². The molecule has 1 aromatic heterocycles. The van der Waals surface area contributed by atoms with E-state index >= 15 is 0 Å². The molecule has 0 radical (unpaired) electrons. The molecule has 0 saturated heterocycles. The molecule has 0 saturated carbocycles. The average molecular weight is 493 g/mol. The molecule has 182 valence electrons. The van der Waals surface area contributed by atoms with Gasteiger partial charge in [0.05, 0.1) is 17.5 Å². The van der Waals surface area contributed by atoms with Gasteiger partial charge in [-0.25, -0.2) is 4.98 Å². The van der Waals surface area contributed by atoms with E-state index in [0.29, 0.717) is 18.5 Å². The standard InChI is InChI=1S/C23H29N5O6.Na/c1-15-8-10-25-20(11-15)24-9-4-3-5-21(29)26-14-22(30)27-18(13-23(31)32)17-7-6-16(2)19(12-17)28(33)34;/h6-8,10-12,18H,3-5,9,13-14H2,1-2H3,(H,24,25)(H,26,29)(H,27,30)(H,31,32);/q;+1/p-1. The summed E-state index contributed by atoms with van der Waals surface area (Å²) in [6.45, 7) is 3.83. The summed E-state index contributed by atoms with van der Waals surface area (Å²) in [5.74, 6) is -1.58. The zero-order valence-corrected chi connectivity index (χ0v) is 22.1. The maximum atomic E-state index is 12.3. The zero-order valence-electron chi connectivity index (χ0n) is 20.1. The number of carbonyl (C=O) groups excluding carboxylic acids is 3. The van der Waals surface area contributed by atoms with Gasteiger partial charge >= 0.3 is 29.6 Å². The molecule has 0 aliphatic carbocycles. The van der Waals surface area contributed by atoms with E-state index in [-0.39, 0.29) is 59.7 Å². The number of aliphatic carboxylic acids is 1. The summed E-state index contributed by atoms with van der Waals surface area (Å²) in [7, 11) is 0. The van der Waals surface area contributed by atoms with Crippen molar-refractivity contribution in [1.82, 2.24) is 15.6 Å². The first kappa shape index (κ1) is 30.0. The number of hydrogen-bond acceptors (Lipinski definition) is 8. The number of hydrogen-bond donors (Lipinski definition) is 3. The monoisotopic (exact) mass is 493 g/mol. The van der Waals surface area contributed by atoms with E-state index < -0.39 is 29.3 Å². The molecule has 0 aliphatic heterocycles. The number of pyridine rings is 1. The second-order valence-electron chi connectivity index (χ2n) is 7.88. The Morgan fingerprint density at radius 2 is 1.83 bits per heavy atom. The predicted molar refractivity (Wildman–Crippen MR) is 123 cm³/mol. The van der Waals surface area contributed by atoms with E-state index in [0.717, 1.165) is 17.8 Å². The average Bonchev–Trinajstić information content (AvgIpc) is 2.77. The number of aromatic nitrogens is 1. The van der Waals surface area contributed by atoms with Crippen molar-refractivity contribution in [2.24, 2.45) is 0 Å². The fraction of sp³-hybridized carbons (Fsp3) is 0.391. The Balaban J connectivity index is 0.00000612. The quantitative estimate of drug-likeness (QED) is 0.129. The number of nitrogens with zero attached hydrogens (tertiary/aromatic N) is 2. The first-order valence-electron chi connectivity index (χ1n) is 10.8. The van der Waals surface area contributed by atoms with Crippen molar-refractivity contribution in [3.05, 3.63) is 63.3 Å². The number of anilines is 1. The minimum absolute atomic E-state index is 0. The Hall–Kier alpha value is -3.02. The molecular weight excluding hydrogens is 465 g/mol. The Kier molecular flexibility index (Phi) is 12.9. The molecule has 1 atom stereocenters. The third kappa shape index (κ3) is 10.8. The van der Waals surface area contributed by atoms with Crippen LogP contribution in [0.2, 0.25) is 0 Å². The molecule has 2 aromatic rings. The molecule has 2 rings (SSSR count).